The number of esters is 1. The van der Waals surface area contributed by atoms with Crippen molar-refractivity contribution in [3.05, 3.63) is 0 Å². The number of ether oxygens (including phenoxy) is 1. The van der Waals surface area contributed by atoms with Crippen LogP contribution in [0.2, 0.25) is 0 Å². The Morgan fingerprint density at radius 2 is 2.23 bits per heavy atom. The summed E-state index contributed by atoms with van der Waals surface area (Å²) in [6, 6.07) is 2.12. The largest absolute Gasteiger partial charge is 0.469 e. The van der Waals surface area contributed by atoms with Crippen LogP contribution < -0.4 is 0 Å². The number of nitriles is 1. The van der Waals surface area contributed by atoms with Crippen molar-refractivity contribution in [2.45, 2.75) is 33.1 Å². The van der Waals surface area contributed by atoms with E-state index in [0.717, 1.165) is 12.8 Å². The average molecular weight is 183 g/mol. The minimum absolute atomic E-state index is 0.0735. The van der Waals surface area contributed by atoms with Gasteiger partial charge in [0.15, 0.2) is 0 Å². The number of nitrogens with zero attached hydrogens (tertiary/aromatic N) is 1. The molecule has 0 aromatic rings. The van der Waals surface area contributed by atoms with Crippen molar-refractivity contribution < 1.29 is 9.53 Å². The van der Waals surface area contributed by atoms with Crippen LogP contribution in [0.4, 0.5) is 0 Å². The van der Waals surface area contributed by atoms with Gasteiger partial charge in [0.25, 0.3) is 0 Å². The lowest BCUT2D eigenvalue weighted by molar-refractivity contribution is -0.146. The SMILES string of the molecule is CCCC(CC(C)C#N)C(=O)OC. The highest BCUT2D eigenvalue weighted by Gasteiger charge is 2.20. The van der Waals surface area contributed by atoms with Crippen molar-refractivity contribution >= 4 is 5.97 Å². The van der Waals surface area contributed by atoms with Crippen LogP contribution in [-0.4, -0.2) is 13.1 Å². The van der Waals surface area contributed by atoms with Gasteiger partial charge in [-0.15, -0.1) is 0 Å². The molecule has 3 nitrogen and oxygen atoms in total. The van der Waals surface area contributed by atoms with Crippen molar-refractivity contribution in [3.63, 3.8) is 0 Å². The summed E-state index contributed by atoms with van der Waals surface area (Å²) in [5.74, 6) is -0.371. The Bertz CT molecular complexity index is 196. The molecule has 0 bridgehead atoms. The molecule has 0 aliphatic carbocycles. The van der Waals surface area contributed by atoms with Crippen molar-refractivity contribution in [2.75, 3.05) is 7.11 Å². The Labute approximate surface area is 79.7 Å². The van der Waals surface area contributed by atoms with E-state index >= 15 is 0 Å². The van der Waals surface area contributed by atoms with Crippen molar-refractivity contribution in [2.24, 2.45) is 11.8 Å². The van der Waals surface area contributed by atoms with Crippen LogP contribution >= 0.6 is 0 Å². The zero-order valence-corrected chi connectivity index (χ0v) is 8.54. The van der Waals surface area contributed by atoms with E-state index in [0.29, 0.717) is 6.42 Å². The molecule has 0 saturated carbocycles. The molecule has 3 heteroatoms. The molecule has 0 rings (SSSR count). The summed E-state index contributed by atoms with van der Waals surface area (Å²) >= 11 is 0. The molecule has 74 valence electrons. The van der Waals surface area contributed by atoms with Crippen LogP contribution in [0.25, 0.3) is 0 Å². The van der Waals surface area contributed by atoms with E-state index in [4.69, 9.17) is 5.26 Å². The standard InChI is InChI=1S/C10H17NO2/c1-4-5-9(10(12)13-3)6-8(2)7-11/h8-9H,4-6H2,1-3H3. The van der Waals surface area contributed by atoms with Gasteiger partial charge >= 0.3 is 5.97 Å². The van der Waals surface area contributed by atoms with Gasteiger partial charge in [0.1, 0.15) is 0 Å². The van der Waals surface area contributed by atoms with Crippen molar-refractivity contribution in [3.8, 4) is 6.07 Å². The van der Waals surface area contributed by atoms with E-state index in [2.05, 4.69) is 10.8 Å². The molecular formula is C10H17NO2. The molecule has 0 heterocycles. The van der Waals surface area contributed by atoms with E-state index in [1.165, 1.54) is 7.11 Å². The molecule has 0 N–H and O–H groups in total. The van der Waals surface area contributed by atoms with Gasteiger partial charge in [0.2, 0.25) is 0 Å². The van der Waals surface area contributed by atoms with Crippen LogP contribution in [-0.2, 0) is 9.53 Å². The summed E-state index contributed by atoms with van der Waals surface area (Å²) in [7, 11) is 1.39. The fraction of sp³-hybridized carbons (Fsp3) is 0.800. The summed E-state index contributed by atoms with van der Waals surface area (Å²) in [5, 5.41) is 8.60. The van der Waals surface area contributed by atoms with Gasteiger partial charge in [-0.1, -0.05) is 13.3 Å². The predicted molar refractivity (Wildman–Crippen MR) is 49.8 cm³/mol. The lowest BCUT2D eigenvalue weighted by atomic mass is 9.93. The van der Waals surface area contributed by atoms with Crippen LogP contribution in [0.5, 0.6) is 0 Å². The van der Waals surface area contributed by atoms with E-state index in [-0.39, 0.29) is 17.8 Å². The number of carbonyl (C=O) groups excluding carboxylic acids is 1. The first-order valence-corrected chi connectivity index (χ1v) is 4.63. The molecule has 0 spiro atoms. The highest BCUT2D eigenvalue weighted by atomic mass is 16.5. The topological polar surface area (TPSA) is 50.1 Å². The van der Waals surface area contributed by atoms with E-state index in [1.807, 2.05) is 13.8 Å². The van der Waals surface area contributed by atoms with Gasteiger partial charge < -0.3 is 4.74 Å². The van der Waals surface area contributed by atoms with Crippen LogP contribution in [0.1, 0.15) is 33.1 Å². The second-order valence-corrected chi connectivity index (χ2v) is 3.27. The van der Waals surface area contributed by atoms with Gasteiger partial charge in [0.05, 0.1) is 19.1 Å². The molecule has 0 saturated heterocycles. The number of methoxy groups -OCH3 is 1. The molecule has 13 heavy (non-hydrogen) atoms. The normalized spacial score (nSPS) is 14.3. The molecule has 0 aromatic carbocycles. The number of hydrogen-bond donors (Lipinski definition) is 0. The van der Waals surface area contributed by atoms with Crippen LogP contribution in [0.15, 0.2) is 0 Å². The predicted octanol–water partition coefficient (Wildman–Crippen LogP) is 2.13. The number of hydrogen-bond acceptors (Lipinski definition) is 3. The summed E-state index contributed by atoms with van der Waals surface area (Å²) in [4.78, 5) is 11.2. The average Bonchev–Trinajstić information content (AvgIpc) is 2.15. The number of rotatable bonds is 5. The van der Waals surface area contributed by atoms with Gasteiger partial charge in [-0.2, -0.15) is 5.26 Å². The third kappa shape index (κ3) is 4.51. The first-order valence-electron chi connectivity index (χ1n) is 4.63. The highest BCUT2D eigenvalue weighted by Crippen LogP contribution is 2.18. The van der Waals surface area contributed by atoms with Crippen molar-refractivity contribution in [1.82, 2.24) is 0 Å². The van der Waals surface area contributed by atoms with Gasteiger partial charge in [-0.25, -0.2) is 0 Å². The molecule has 0 aliphatic heterocycles. The van der Waals surface area contributed by atoms with E-state index < -0.39 is 0 Å². The smallest absolute Gasteiger partial charge is 0.308 e. The minimum atomic E-state index is -0.191. The van der Waals surface area contributed by atoms with Gasteiger partial charge in [-0.05, 0) is 19.8 Å². The zero-order valence-electron chi connectivity index (χ0n) is 8.54. The monoisotopic (exact) mass is 183 g/mol. The molecule has 0 aliphatic rings. The first kappa shape index (κ1) is 12.0. The minimum Gasteiger partial charge on any atom is -0.469 e. The lowest BCUT2D eigenvalue weighted by Crippen LogP contribution is -2.18. The number of carbonyl (C=O) groups is 1. The Kier molecular flexibility index (Phi) is 5.96. The van der Waals surface area contributed by atoms with E-state index in [1.54, 1.807) is 0 Å². The van der Waals surface area contributed by atoms with Crippen LogP contribution in [0, 0.1) is 23.2 Å². The van der Waals surface area contributed by atoms with Crippen molar-refractivity contribution in [1.29, 1.82) is 5.26 Å². The maximum absolute atomic E-state index is 11.2. The fourth-order valence-electron chi connectivity index (χ4n) is 1.33. The van der Waals surface area contributed by atoms with Gasteiger partial charge in [-0.3, -0.25) is 4.79 Å². The molecule has 0 amide bonds. The first-order chi connectivity index (χ1) is 6.15. The maximum atomic E-state index is 11.2. The molecule has 0 radical (unpaired) electrons. The molecular weight excluding hydrogens is 166 g/mol. The Hall–Kier alpha value is -1.04. The van der Waals surface area contributed by atoms with Crippen LogP contribution in [0.3, 0.4) is 0 Å². The second-order valence-electron chi connectivity index (χ2n) is 3.27. The lowest BCUT2D eigenvalue weighted by Gasteiger charge is -2.14. The second kappa shape index (κ2) is 6.47. The summed E-state index contributed by atoms with van der Waals surface area (Å²) in [5.41, 5.74) is 0. The highest BCUT2D eigenvalue weighted by molar-refractivity contribution is 5.72. The quantitative estimate of drug-likeness (QED) is 0.613. The Morgan fingerprint density at radius 1 is 1.62 bits per heavy atom. The van der Waals surface area contributed by atoms with Gasteiger partial charge in [0, 0.05) is 5.92 Å². The summed E-state index contributed by atoms with van der Waals surface area (Å²) < 4.78 is 4.66. The third-order valence-electron chi connectivity index (χ3n) is 2.03. The summed E-state index contributed by atoms with van der Waals surface area (Å²) in [6.07, 6.45) is 2.35. The summed E-state index contributed by atoms with van der Waals surface area (Å²) in [6.45, 7) is 3.85. The Balaban J connectivity index is 4.10. The molecule has 0 fully saturated rings. The molecule has 2 atom stereocenters. The van der Waals surface area contributed by atoms with E-state index in [9.17, 15) is 4.79 Å². The molecule has 2 unspecified atom stereocenters. The molecule has 0 aromatic heterocycles. The zero-order chi connectivity index (χ0) is 10.3. The maximum Gasteiger partial charge on any atom is 0.308 e. The Morgan fingerprint density at radius 3 is 2.62 bits per heavy atom. The fourth-order valence-corrected chi connectivity index (χ4v) is 1.33. The third-order valence-corrected chi connectivity index (χ3v) is 2.03.